The maximum Gasteiger partial charge on any atom is 0.283 e. The second-order valence-electron chi connectivity index (χ2n) is 4.74. The third-order valence-electron chi connectivity index (χ3n) is 2.15. The molecule has 0 saturated carbocycles. The number of nitrogens with one attached hydrogen (secondary N) is 1. The second-order valence-corrected chi connectivity index (χ2v) is 5.54. The van der Waals surface area contributed by atoms with Crippen LogP contribution < -0.4 is 16.6 Å². The van der Waals surface area contributed by atoms with Crippen molar-refractivity contribution in [3.63, 3.8) is 0 Å². The number of nitrogens with zero attached hydrogens (tertiary/aromatic N) is 2. The Morgan fingerprint density at radius 1 is 1.59 bits per heavy atom. The van der Waals surface area contributed by atoms with E-state index in [9.17, 15) is 4.79 Å². The minimum Gasteiger partial charge on any atom is -0.381 e. The van der Waals surface area contributed by atoms with Crippen LogP contribution in [-0.2, 0) is 6.54 Å². The van der Waals surface area contributed by atoms with E-state index in [0.29, 0.717) is 23.2 Å². The van der Waals surface area contributed by atoms with E-state index in [2.05, 4.69) is 26.3 Å². The molecule has 0 spiro atoms. The molecule has 0 bridgehead atoms. The van der Waals surface area contributed by atoms with Crippen LogP contribution in [0, 0.1) is 0 Å². The Morgan fingerprint density at radius 3 is 2.76 bits per heavy atom. The molecule has 0 unspecified atom stereocenters. The molecule has 1 rings (SSSR count). The highest BCUT2D eigenvalue weighted by Gasteiger charge is 2.13. The van der Waals surface area contributed by atoms with Crippen molar-refractivity contribution in [2.24, 2.45) is 5.73 Å². The minimum absolute atomic E-state index is 0.119. The van der Waals surface area contributed by atoms with Crippen LogP contribution in [0.2, 0.25) is 0 Å². The zero-order valence-corrected chi connectivity index (χ0v) is 12.0. The van der Waals surface area contributed by atoms with Gasteiger partial charge < -0.3 is 11.1 Å². The molecule has 3 N–H and O–H groups in total. The summed E-state index contributed by atoms with van der Waals surface area (Å²) in [6.07, 6.45) is 2.52. The van der Waals surface area contributed by atoms with Gasteiger partial charge in [0.2, 0.25) is 0 Å². The van der Waals surface area contributed by atoms with Crippen LogP contribution in [0.4, 0.5) is 5.69 Å². The van der Waals surface area contributed by atoms with Crippen LogP contribution in [0.15, 0.2) is 15.5 Å². The molecular weight excluding hydrogens is 284 g/mol. The Kier molecular flexibility index (Phi) is 4.70. The van der Waals surface area contributed by atoms with Gasteiger partial charge in [0.25, 0.3) is 5.56 Å². The lowest BCUT2D eigenvalue weighted by atomic mass is 10.1. The van der Waals surface area contributed by atoms with Gasteiger partial charge >= 0.3 is 0 Å². The number of rotatable bonds is 5. The van der Waals surface area contributed by atoms with Gasteiger partial charge in [-0.05, 0) is 36.2 Å². The van der Waals surface area contributed by atoms with Crippen LogP contribution in [0.1, 0.15) is 27.2 Å². The van der Waals surface area contributed by atoms with Gasteiger partial charge in [-0.2, -0.15) is 5.10 Å². The van der Waals surface area contributed by atoms with E-state index in [0.717, 1.165) is 6.42 Å². The highest BCUT2D eigenvalue weighted by atomic mass is 79.9. The molecular formula is C11H19BrN4O. The normalized spacial score (nSPS) is 11.6. The number of hydrogen-bond donors (Lipinski definition) is 2. The number of halogens is 1. The molecule has 0 aromatic carbocycles. The molecule has 1 heterocycles. The average Bonchev–Trinajstić information content (AvgIpc) is 2.23. The van der Waals surface area contributed by atoms with Crippen LogP contribution in [0.5, 0.6) is 0 Å². The summed E-state index contributed by atoms with van der Waals surface area (Å²) >= 11 is 3.29. The summed E-state index contributed by atoms with van der Waals surface area (Å²) in [5.41, 5.74) is 6.09. The minimum atomic E-state index is -0.336. The smallest absolute Gasteiger partial charge is 0.283 e. The summed E-state index contributed by atoms with van der Waals surface area (Å²) in [6, 6.07) is 0. The predicted octanol–water partition coefficient (Wildman–Crippen LogP) is 1.56. The van der Waals surface area contributed by atoms with Gasteiger partial charge in [-0.15, -0.1) is 0 Å². The SMILES string of the molecule is CCCn1ncc(NCC(C)(C)N)c(Br)c1=O. The highest BCUT2D eigenvalue weighted by molar-refractivity contribution is 9.10. The van der Waals surface area contributed by atoms with Gasteiger partial charge in [0.15, 0.2) is 0 Å². The van der Waals surface area contributed by atoms with Gasteiger partial charge in [-0.3, -0.25) is 4.79 Å². The van der Waals surface area contributed by atoms with E-state index in [4.69, 9.17) is 5.73 Å². The first-order valence-corrected chi connectivity index (χ1v) is 6.43. The van der Waals surface area contributed by atoms with Crippen molar-refractivity contribution in [2.45, 2.75) is 39.3 Å². The zero-order chi connectivity index (χ0) is 13.1. The molecule has 0 amide bonds. The van der Waals surface area contributed by atoms with Crippen molar-refractivity contribution in [3.8, 4) is 0 Å². The molecule has 6 heteroatoms. The molecule has 17 heavy (non-hydrogen) atoms. The summed E-state index contributed by atoms with van der Waals surface area (Å²) in [5, 5.41) is 7.22. The second kappa shape index (κ2) is 5.64. The first-order valence-electron chi connectivity index (χ1n) is 5.63. The molecule has 0 aliphatic rings. The fraction of sp³-hybridized carbons (Fsp3) is 0.636. The Balaban J connectivity index is 2.89. The van der Waals surface area contributed by atoms with E-state index in [-0.39, 0.29) is 11.1 Å². The van der Waals surface area contributed by atoms with E-state index in [1.807, 2.05) is 20.8 Å². The fourth-order valence-corrected chi connectivity index (χ4v) is 1.73. The van der Waals surface area contributed by atoms with E-state index >= 15 is 0 Å². The van der Waals surface area contributed by atoms with Gasteiger partial charge in [0, 0.05) is 18.6 Å². The Bertz CT molecular complexity index is 436. The number of anilines is 1. The molecule has 1 aromatic heterocycles. The third kappa shape index (κ3) is 4.12. The number of hydrogen-bond acceptors (Lipinski definition) is 4. The van der Waals surface area contributed by atoms with Crippen molar-refractivity contribution < 1.29 is 0 Å². The Hall–Kier alpha value is -0.880. The molecule has 96 valence electrons. The third-order valence-corrected chi connectivity index (χ3v) is 2.92. The lowest BCUT2D eigenvalue weighted by Crippen LogP contribution is -2.40. The maximum atomic E-state index is 11.9. The fourth-order valence-electron chi connectivity index (χ4n) is 1.28. The summed E-state index contributed by atoms with van der Waals surface area (Å²) in [7, 11) is 0. The Morgan fingerprint density at radius 2 is 2.24 bits per heavy atom. The van der Waals surface area contributed by atoms with Crippen LogP contribution in [0.3, 0.4) is 0 Å². The van der Waals surface area contributed by atoms with Crippen molar-refractivity contribution >= 4 is 21.6 Å². The maximum absolute atomic E-state index is 11.9. The highest BCUT2D eigenvalue weighted by Crippen LogP contribution is 2.16. The van der Waals surface area contributed by atoms with Crippen molar-refractivity contribution in [2.75, 3.05) is 11.9 Å². The van der Waals surface area contributed by atoms with Gasteiger partial charge in [0.1, 0.15) is 4.47 Å². The molecule has 0 atom stereocenters. The average molecular weight is 303 g/mol. The quantitative estimate of drug-likeness (QED) is 0.866. The zero-order valence-electron chi connectivity index (χ0n) is 10.5. The van der Waals surface area contributed by atoms with Gasteiger partial charge in [0.05, 0.1) is 11.9 Å². The van der Waals surface area contributed by atoms with E-state index < -0.39 is 0 Å². The Labute approximate surface area is 110 Å². The molecule has 0 aliphatic carbocycles. The van der Waals surface area contributed by atoms with Crippen molar-refractivity contribution in [3.05, 3.63) is 21.0 Å². The van der Waals surface area contributed by atoms with E-state index in [1.165, 1.54) is 4.68 Å². The van der Waals surface area contributed by atoms with Crippen LogP contribution in [0.25, 0.3) is 0 Å². The monoisotopic (exact) mass is 302 g/mol. The molecule has 0 radical (unpaired) electrons. The first kappa shape index (κ1) is 14.2. The lowest BCUT2D eigenvalue weighted by molar-refractivity contribution is 0.545. The van der Waals surface area contributed by atoms with Gasteiger partial charge in [-0.25, -0.2) is 4.68 Å². The van der Waals surface area contributed by atoms with Crippen LogP contribution in [-0.4, -0.2) is 21.9 Å². The number of nitrogens with two attached hydrogens (primary N) is 1. The predicted molar refractivity (Wildman–Crippen MR) is 73.2 cm³/mol. The van der Waals surface area contributed by atoms with Crippen LogP contribution >= 0.6 is 15.9 Å². The van der Waals surface area contributed by atoms with Crippen molar-refractivity contribution in [1.82, 2.24) is 9.78 Å². The summed E-state index contributed by atoms with van der Waals surface area (Å²) in [6.45, 7) is 7.04. The molecule has 0 aliphatic heterocycles. The first-order chi connectivity index (χ1) is 7.85. The molecule has 5 nitrogen and oxygen atoms in total. The van der Waals surface area contributed by atoms with Gasteiger partial charge in [-0.1, -0.05) is 6.92 Å². The topological polar surface area (TPSA) is 72.9 Å². The summed E-state index contributed by atoms with van der Waals surface area (Å²) in [4.78, 5) is 11.9. The number of aromatic nitrogens is 2. The largest absolute Gasteiger partial charge is 0.381 e. The standard InChI is InChI=1S/C11H19BrN4O/c1-4-5-16-10(17)9(12)8(6-15-16)14-7-11(2,3)13/h6,14H,4-5,7,13H2,1-3H3. The molecule has 0 saturated heterocycles. The van der Waals surface area contributed by atoms with Crippen molar-refractivity contribution in [1.29, 1.82) is 0 Å². The lowest BCUT2D eigenvalue weighted by Gasteiger charge is -2.20. The molecule has 1 aromatic rings. The number of aryl methyl sites for hydroxylation is 1. The molecule has 0 fully saturated rings. The van der Waals surface area contributed by atoms with E-state index in [1.54, 1.807) is 6.20 Å². The summed E-state index contributed by atoms with van der Waals surface area (Å²) in [5.74, 6) is 0. The summed E-state index contributed by atoms with van der Waals surface area (Å²) < 4.78 is 1.95.